The van der Waals surface area contributed by atoms with Crippen LogP contribution < -0.4 is 0 Å². The fourth-order valence-corrected chi connectivity index (χ4v) is 30.9. The van der Waals surface area contributed by atoms with Crippen LogP contribution in [0.5, 0.6) is 0 Å². The zero-order valence-electron chi connectivity index (χ0n) is 90.5. The molecule has 24 nitrogen and oxygen atoms in total. The number of allylic oxidation sites excluding steroid dienone is 2. The van der Waals surface area contributed by atoms with E-state index in [2.05, 4.69) is 256 Å². The number of hydrogen-bond donors (Lipinski definition) is 2. The molecule has 4 spiro atoms. The average Bonchev–Trinajstić information content (AvgIpc) is 1.58. The molecule has 12 aliphatic carbocycles. The van der Waals surface area contributed by atoms with Crippen molar-refractivity contribution < 1.29 is 67.3 Å². The molecule has 16 aliphatic rings. The van der Waals surface area contributed by atoms with Gasteiger partial charge in [-0.3, -0.25) is 42.6 Å². The number of Topliss-reactive ketones (excluding diaryl/α,β-unsaturated/α-hetero) is 4. The van der Waals surface area contributed by atoms with Crippen LogP contribution in [0.2, 0.25) is 0 Å². The molecule has 0 amide bonds. The number of fused-ring (bicyclic) bond motifs is 15. The number of rotatable bonds is 0. The first kappa shape index (κ1) is 103. The van der Waals surface area contributed by atoms with Gasteiger partial charge < -0.3 is 48.1 Å². The van der Waals surface area contributed by atoms with Crippen molar-refractivity contribution in [2.24, 2.45) is 78.8 Å². The number of ether oxygens (including phenoxy) is 8. The Morgan fingerprint density at radius 1 is 0.321 bits per heavy atom. The van der Waals surface area contributed by atoms with E-state index in [9.17, 15) is 29.4 Å². The van der Waals surface area contributed by atoms with Gasteiger partial charge in [-0.1, -0.05) is 125 Å². The Labute approximate surface area is 819 Å². The van der Waals surface area contributed by atoms with E-state index in [0.29, 0.717) is 80.4 Å². The molecular weight excluding hydrogens is 1720 g/mol. The van der Waals surface area contributed by atoms with Crippen LogP contribution in [0.25, 0.3) is 0 Å². The smallest absolute Gasteiger partial charge is 0.173 e. The molecule has 5 aromatic rings. The van der Waals surface area contributed by atoms with Crippen LogP contribution in [0, 0.1) is 78.8 Å². The summed E-state index contributed by atoms with van der Waals surface area (Å²) >= 11 is 0. The molecule has 4 aliphatic heterocycles. The summed E-state index contributed by atoms with van der Waals surface area (Å²) in [5.41, 5.74) is 11.7. The summed E-state index contributed by atoms with van der Waals surface area (Å²) in [5.74, 6) is 1.14. The summed E-state index contributed by atoms with van der Waals surface area (Å²) in [6.45, 7) is 78.4. The number of carbonyl (C=O) groups is 4. The van der Waals surface area contributed by atoms with Crippen LogP contribution in [-0.4, -0.2) is 158 Å². The molecular formula is C113H174N10O14. The Bertz CT molecular complexity index is 5360. The van der Waals surface area contributed by atoms with Crippen molar-refractivity contribution in [2.45, 2.75) is 442 Å². The largest absolute Gasteiger partial charge is 0.515 e. The van der Waals surface area contributed by atoms with E-state index in [1.807, 2.05) is 25.5 Å². The van der Waals surface area contributed by atoms with E-state index in [0.717, 1.165) is 165 Å². The quantitative estimate of drug-likeness (QED) is 0.108. The minimum Gasteiger partial charge on any atom is -0.515 e. The Balaban J connectivity index is 0.000000119. The highest BCUT2D eigenvalue weighted by Gasteiger charge is 2.71. The lowest BCUT2D eigenvalue weighted by Crippen LogP contribution is -2.62. The van der Waals surface area contributed by atoms with Crippen molar-refractivity contribution in [3.05, 3.63) is 111 Å². The average molecular weight is 1900 g/mol. The van der Waals surface area contributed by atoms with Gasteiger partial charge in [0.2, 0.25) is 0 Å². The summed E-state index contributed by atoms with van der Waals surface area (Å²) in [6, 6.07) is 0. The summed E-state index contributed by atoms with van der Waals surface area (Å²) in [4.78, 5) is 51.2. The van der Waals surface area contributed by atoms with E-state index in [4.69, 9.17) is 58.3 Å². The minimum atomic E-state index is -0.554. The van der Waals surface area contributed by atoms with Crippen LogP contribution in [0.3, 0.4) is 0 Å². The molecule has 760 valence electrons. The predicted molar refractivity (Wildman–Crippen MR) is 532 cm³/mol. The monoisotopic (exact) mass is 1900 g/mol. The second-order valence-electron chi connectivity index (χ2n) is 54.3. The highest BCUT2D eigenvalue weighted by atomic mass is 16.8. The Hall–Kier alpha value is -6.51. The van der Waals surface area contributed by atoms with Crippen LogP contribution >= 0.6 is 0 Å². The number of aliphatic hydroxyl groups excluding tert-OH is 2. The molecule has 2 N–H and O–H groups in total. The number of aromatic nitrogens is 10. The van der Waals surface area contributed by atoms with Crippen molar-refractivity contribution in [3.8, 4) is 0 Å². The zero-order chi connectivity index (χ0) is 100. The van der Waals surface area contributed by atoms with Gasteiger partial charge in [-0.2, -0.15) is 25.5 Å². The molecule has 9 heterocycles. The molecule has 0 radical (unpaired) electrons. The van der Waals surface area contributed by atoms with Gasteiger partial charge in [0.25, 0.3) is 0 Å². The maximum absolute atomic E-state index is 13.5. The molecule has 5 aromatic heterocycles. The van der Waals surface area contributed by atoms with Crippen molar-refractivity contribution >= 4 is 23.1 Å². The first-order valence-electron chi connectivity index (χ1n) is 52.6. The molecule has 7 saturated carbocycles. The molecule has 137 heavy (non-hydrogen) atoms. The topological polar surface area (TPSA) is 272 Å². The van der Waals surface area contributed by atoms with Crippen molar-refractivity contribution in [2.75, 3.05) is 52.9 Å². The molecule has 0 aromatic carbocycles. The van der Waals surface area contributed by atoms with E-state index in [1.54, 1.807) is 6.20 Å². The first-order chi connectivity index (χ1) is 63.2. The van der Waals surface area contributed by atoms with Gasteiger partial charge in [0.1, 0.15) is 5.78 Å². The van der Waals surface area contributed by atoms with Gasteiger partial charge in [0.15, 0.2) is 40.5 Å². The number of aryl methyl sites for hydroxylation is 4. The Kier molecular flexibility index (Phi) is 25.7. The zero-order valence-corrected chi connectivity index (χ0v) is 90.5. The Morgan fingerprint density at radius 3 is 0.949 bits per heavy atom. The summed E-state index contributed by atoms with van der Waals surface area (Å²) < 4.78 is 59.5. The first-order valence-corrected chi connectivity index (χ1v) is 52.6. The van der Waals surface area contributed by atoms with Gasteiger partial charge in [0, 0.05) is 133 Å². The fourth-order valence-electron chi connectivity index (χ4n) is 30.9. The van der Waals surface area contributed by atoms with Gasteiger partial charge >= 0.3 is 0 Å². The summed E-state index contributed by atoms with van der Waals surface area (Å²) in [7, 11) is 0. The highest BCUT2D eigenvalue weighted by molar-refractivity contribution is 6.03. The lowest BCUT2D eigenvalue weighted by molar-refractivity contribution is -0.281. The Morgan fingerprint density at radius 2 is 0.613 bits per heavy atom. The molecule has 24 heteroatoms. The summed E-state index contributed by atoms with van der Waals surface area (Å²) in [6.07, 6.45) is 33.4. The van der Waals surface area contributed by atoms with Crippen molar-refractivity contribution in [1.82, 2.24) is 48.9 Å². The molecule has 0 unspecified atom stereocenters. The number of aliphatic hydroxyl groups is 2. The third-order valence-corrected chi connectivity index (χ3v) is 39.1. The molecule has 21 rings (SSSR count). The standard InChI is InChI=1S/C20H30N2O3.2C20H32N2O2.C19H28N2O2.C18H28N2O.C16H24O4/c1-17(2,3)22-14-11-15-18(4,5)20(24-9-10-25-20)8-7-19(15,6)16(23)13(14)12-21-22;2*1-17(2,3)22-13-14-7-8-15-18(4,5)20(23-11-12-24-20)10-9-19(15,6)16(14)21-22;1-17(2,3)21-10-12-7-8-14-18(4,5)16(23)13(11-22)9-19(14,6)15(12)20-21;1-16(2,3)20-11-12-7-8-13-17(4,5)14(21)9-10-18(13,6)15(12)19-20;1-14(2)12-5-4-11(10-17)13(18)15(12,3)6-7-16(14)19-8-9-20-16/h12,15H,7-11H2,1-6H3;2*13,15H,7-12H2,1-6H3;10-11,14,22H,7-9H2,1-6H3;11,13H,7-10H2,1-6H3;10,12,17H,4-9H2,1-3H3/b;;;13-11-;;11-10+/t3*15-,19-;14-,19-;13-,18-;12-,15-/m000000/s1. The normalized spacial score (nSPS) is 34.3. The number of hydrogen-bond acceptors (Lipinski definition) is 19. The van der Waals surface area contributed by atoms with E-state index >= 15 is 0 Å². The van der Waals surface area contributed by atoms with Gasteiger partial charge in [-0.05, 0) is 271 Å². The summed E-state index contributed by atoms with van der Waals surface area (Å²) in [5, 5.41) is 43.5. The van der Waals surface area contributed by atoms with E-state index in [-0.39, 0.29) is 129 Å². The lowest BCUT2D eigenvalue weighted by atomic mass is 9.48. The van der Waals surface area contributed by atoms with Crippen LogP contribution in [0.15, 0.2) is 54.7 Å². The molecule has 4 saturated heterocycles. The number of ketones is 4. The third kappa shape index (κ3) is 16.2. The van der Waals surface area contributed by atoms with Gasteiger partial charge in [-0.15, -0.1) is 0 Å². The second-order valence-corrected chi connectivity index (χ2v) is 54.3. The van der Waals surface area contributed by atoms with Gasteiger partial charge in [-0.25, -0.2) is 0 Å². The van der Waals surface area contributed by atoms with Crippen molar-refractivity contribution in [1.29, 1.82) is 0 Å². The number of nitrogens with zero attached hydrogens (tertiary/aromatic N) is 10. The molecule has 12 atom stereocenters. The van der Waals surface area contributed by atoms with E-state index < -0.39 is 22.4 Å². The van der Waals surface area contributed by atoms with Gasteiger partial charge in [0.05, 0.1) is 133 Å². The third-order valence-electron chi connectivity index (χ3n) is 39.1. The lowest BCUT2D eigenvalue weighted by Gasteiger charge is -2.59. The molecule has 11 fully saturated rings. The predicted octanol–water partition coefficient (Wildman–Crippen LogP) is 22.3. The maximum atomic E-state index is 13.5. The van der Waals surface area contributed by atoms with Crippen LogP contribution in [0.4, 0.5) is 0 Å². The second kappa shape index (κ2) is 34.1. The SMILES string of the molecule is CC(C)(C)n1cc2c(n1)[C@@]1(C)CCC3(OCCO3)C(C)(C)[C@@H]1CC2.CC(C)(C)n1cc2c(n1)[C@@]1(C)CCC3(OCCO3)C(C)(C)[C@@H]1CC2.CC(C)(C)n1ncc2c1C[C@H]1C(C)(C)C3(CC[C@]1(C)C2=O)OCCO3.CC1(C)C(=O)/C(=C\O)C[C@]2(C)c3nn(C(C)(C)C)cc3CC[C@@H]12.CC1(C)C(=O)CC[C@]2(C)c3nn(C(C)(C)C)cc3CC[C@@H]12.CC1(C)[C@@H]2CC/C(=C\O)C(=O)[C@@]2(C)CCC12OCCO2. The van der Waals surface area contributed by atoms with Crippen LogP contribution in [0.1, 0.15) is 399 Å². The van der Waals surface area contributed by atoms with Crippen LogP contribution in [-0.2, 0) is 134 Å². The minimum absolute atomic E-state index is 0.000295. The number of carbonyl (C=O) groups excluding carboxylic acids is 4. The van der Waals surface area contributed by atoms with Crippen molar-refractivity contribution in [3.63, 3.8) is 0 Å². The fraction of sp³-hybridized carbons (Fsp3) is 0.796. The van der Waals surface area contributed by atoms with E-state index in [1.165, 1.54) is 52.2 Å². The molecule has 0 bridgehead atoms. The maximum Gasteiger partial charge on any atom is 0.173 e. The highest BCUT2D eigenvalue weighted by Crippen LogP contribution is 2.69.